The minimum atomic E-state index is -0.616. The SMILES string of the molecule is OCC(Cl)Cl.[CH2-]CCCCCCC.[Zr]. The summed E-state index contributed by atoms with van der Waals surface area (Å²) in [6.07, 6.45) is 7.98. The van der Waals surface area contributed by atoms with Gasteiger partial charge in [0, 0.05) is 26.2 Å². The predicted molar refractivity (Wildman–Crippen MR) is 61.3 cm³/mol. The van der Waals surface area contributed by atoms with E-state index in [1.165, 1.54) is 32.1 Å². The van der Waals surface area contributed by atoms with Crippen LogP contribution in [0, 0.1) is 6.92 Å². The second-order valence-electron chi connectivity index (χ2n) is 2.84. The van der Waals surface area contributed by atoms with E-state index in [9.17, 15) is 0 Å². The van der Waals surface area contributed by atoms with E-state index in [0.29, 0.717) is 0 Å². The predicted octanol–water partition coefficient (Wildman–Crippen LogP) is 3.96. The first kappa shape index (κ1) is 20.8. The van der Waals surface area contributed by atoms with Gasteiger partial charge < -0.3 is 12.0 Å². The molecular formula is C10H21Cl2OZr-. The number of unbranched alkanes of at least 4 members (excludes halogenated alkanes) is 5. The van der Waals surface area contributed by atoms with Crippen molar-refractivity contribution in [3.63, 3.8) is 0 Å². The molecule has 0 saturated heterocycles. The van der Waals surface area contributed by atoms with E-state index in [2.05, 4.69) is 13.8 Å². The van der Waals surface area contributed by atoms with Gasteiger partial charge in [-0.2, -0.15) is 6.42 Å². The molecule has 0 aromatic rings. The zero-order valence-electron chi connectivity index (χ0n) is 8.94. The third kappa shape index (κ3) is 29.2. The first-order valence-electron chi connectivity index (χ1n) is 4.87. The molecule has 0 aliphatic heterocycles. The van der Waals surface area contributed by atoms with Crippen molar-refractivity contribution in [2.45, 2.75) is 50.3 Å². The molecule has 0 aromatic carbocycles. The molecule has 0 aromatic heterocycles. The molecule has 0 amide bonds. The number of alkyl halides is 2. The van der Waals surface area contributed by atoms with Crippen molar-refractivity contribution in [3.8, 4) is 0 Å². The van der Waals surface area contributed by atoms with Gasteiger partial charge in [0.25, 0.3) is 0 Å². The maximum atomic E-state index is 7.88. The van der Waals surface area contributed by atoms with Gasteiger partial charge in [0.2, 0.25) is 0 Å². The molecule has 0 rings (SSSR count). The van der Waals surface area contributed by atoms with E-state index in [4.69, 9.17) is 28.3 Å². The van der Waals surface area contributed by atoms with Crippen LogP contribution in [-0.2, 0) is 26.2 Å². The Morgan fingerprint density at radius 3 is 1.86 bits per heavy atom. The van der Waals surface area contributed by atoms with Crippen molar-refractivity contribution in [1.82, 2.24) is 0 Å². The Labute approximate surface area is 118 Å². The number of hydrogen-bond donors (Lipinski definition) is 1. The zero-order chi connectivity index (χ0) is 10.5. The van der Waals surface area contributed by atoms with Crippen molar-refractivity contribution in [2.75, 3.05) is 6.61 Å². The summed E-state index contributed by atoms with van der Waals surface area (Å²) in [6.45, 7) is 5.86. The van der Waals surface area contributed by atoms with Gasteiger partial charge in [0.05, 0.1) is 6.61 Å². The summed E-state index contributed by atoms with van der Waals surface area (Å²) in [5, 5.41) is 7.88. The average molecular weight is 319 g/mol. The average Bonchev–Trinajstić information content (AvgIpc) is 2.14. The van der Waals surface area contributed by atoms with Gasteiger partial charge in [-0.05, 0) is 0 Å². The van der Waals surface area contributed by atoms with Crippen molar-refractivity contribution in [3.05, 3.63) is 6.92 Å². The van der Waals surface area contributed by atoms with E-state index in [-0.39, 0.29) is 32.8 Å². The van der Waals surface area contributed by atoms with Crippen LogP contribution in [0.4, 0.5) is 0 Å². The Hall–Kier alpha value is 1.42. The van der Waals surface area contributed by atoms with Gasteiger partial charge in [0.15, 0.2) is 0 Å². The molecule has 4 heteroatoms. The van der Waals surface area contributed by atoms with E-state index in [1.54, 1.807) is 0 Å². The monoisotopic (exact) mass is 317 g/mol. The van der Waals surface area contributed by atoms with Crippen LogP contribution in [0.25, 0.3) is 0 Å². The summed E-state index contributed by atoms with van der Waals surface area (Å²) in [6, 6.07) is 0. The van der Waals surface area contributed by atoms with E-state index < -0.39 is 4.84 Å². The Bertz CT molecular complexity index is 76.5. The summed E-state index contributed by atoms with van der Waals surface area (Å²) in [7, 11) is 0. The summed E-state index contributed by atoms with van der Waals surface area (Å²) in [5.41, 5.74) is 0. The maximum absolute atomic E-state index is 7.88. The number of halogens is 2. The molecule has 0 atom stereocenters. The van der Waals surface area contributed by atoms with Crippen molar-refractivity contribution in [1.29, 1.82) is 0 Å². The topological polar surface area (TPSA) is 20.2 Å². The van der Waals surface area contributed by atoms with Gasteiger partial charge in [-0.15, -0.1) is 23.2 Å². The van der Waals surface area contributed by atoms with Crippen LogP contribution in [0.2, 0.25) is 0 Å². The second-order valence-corrected chi connectivity index (χ2v) is 4.12. The largest absolute Gasteiger partial charge is 0.394 e. The Kier molecular flexibility index (Phi) is 29.6. The minimum Gasteiger partial charge on any atom is -0.394 e. The summed E-state index contributed by atoms with van der Waals surface area (Å²) >= 11 is 9.96. The van der Waals surface area contributed by atoms with Crippen LogP contribution in [0.3, 0.4) is 0 Å². The minimum absolute atomic E-state index is 0. The fourth-order valence-electron chi connectivity index (χ4n) is 0.780. The molecule has 0 fully saturated rings. The number of rotatable bonds is 6. The van der Waals surface area contributed by atoms with Gasteiger partial charge in [0.1, 0.15) is 4.84 Å². The Morgan fingerprint density at radius 1 is 1.14 bits per heavy atom. The van der Waals surface area contributed by atoms with Crippen LogP contribution in [0.5, 0.6) is 0 Å². The quantitative estimate of drug-likeness (QED) is 0.446. The standard InChI is InChI=1S/C8H17.C2H4Cl2O.Zr/c1-3-5-7-8-6-4-2;3-2(4)1-5;/h1,3-8H2,2H3;2,5H,1H2;/q-1;;. The summed E-state index contributed by atoms with van der Waals surface area (Å²) in [4.78, 5) is -0.616. The van der Waals surface area contributed by atoms with Gasteiger partial charge in [-0.25, -0.2) is 0 Å². The molecule has 14 heavy (non-hydrogen) atoms. The number of hydrogen-bond acceptors (Lipinski definition) is 1. The molecule has 0 saturated carbocycles. The molecule has 0 bridgehead atoms. The van der Waals surface area contributed by atoms with Crippen molar-refractivity contribution < 1.29 is 31.3 Å². The van der Waals surface area contributed by atoms with Crippen LogP contribution >= 0.6 is 23.2 Å². The van der Waals surface area contributed by atoms with Crippen LogP contribution in [-0.4, -0.2) is 16.5 Å². The second kappa shape index (κ2) is 19.9. The van der Waals surface area contributed by atoms with E-state index in [0.717, 1.165) is 6.42 Å². The third-order valence-electron chi connectivity index (χ3n) is 1.49. The summed E-state index contributed by atoms with van der Waals surface area (Å²) < 4.78 is 0. The summed E-state index contributed by atoms with van der Waals surface area (Å²) in [5.74, 6) is 0. The fourth-order valence-corrected chi connectivity index (χ4v) is 0.780. The molecule has 0 radical (unpaired) electrons. The molecular weight excluding hydrogens is 298 g/mol. The zero-order valence-corrected chi connectivity index (χ0v) is 12.9. The number of aliphatic hydroxyl groups is 1. The molecule has 86 valence electrons. The molecule has 1 nitrogen and oxygen atoms in total. The van der Waals surface area contributed by atoms with Crippen LogP contribution < -0.4 is 0 Å². The van der Waals surface area contributed by atoms with Gasteiger partial charge in [-0.3, -0.25) is 0 Å². The third-order valence-corrected chi connectivity index (χ3v) is 1.77. The molecule has 0 aliphatic carbocycles. The van der Waals surface area contributed by atoms with E-state index >= 15 is 0 Å². The van der Waals surface area contributed by atoms with E-state index in [1.807, 2.05) is 0 Å². The fraction of sp³-hybridized carbons (Fsp3) is 0.900. The molecule has 1 N–H and O–H groups in total. The van der Waals surface area contributed by atoms with Gasteiger partial charge in [-0.1, -0.05) is 39.0 Å². The van der Waals surface area contributed by atoms with Crippen molar-refractivity contribution >= 4 is 23.2 Å². The maximum Gasteiger partial charge on any atom is 0.130 e. The van der Waals surface area contributed by atoms with Gasteiger partial charge >= 0.3 is 0 Å². The van der Waals surface area contributed by atoms with Crippen LogP contribution in [0.1, 0.15) is 45.4 Å². The van der Waals surface area contributed by atoms with Crippen molar-refractivity contribution in [2.24, 2.45) is 0 Å². The normalized spacial score (nSPS) is 9.00. The smallest absolute Gasteiger partial charge is 0.130 e. The molecule has 0 heterocycles. The molecule has 0 unspecified atom stereocenters. The Morgan fingerprint density at radius 2 is 1.57 bits per heavy atom. The Balaban J connectivity index is -0.000000177. The first-order chi connectivity index (χ1) is 6.18. The number of aliphatic hydroxyl groups excluding tert-OH is 1. The molecule has 0 spiro atoms. The first-order valence-corrected chi connectivity index (χ1v) is 5.74. The van der Waals surface area contributed by atoms with Crippen LogP contribution in [0.15, 0.2) is 0 Å². The molecule has 0 aliphatic rings.